The molecule has 0 amide bonds. The molecule has 7 heteroatoms. The Hall–Kier alpha value is -2.90. The quantitative estimate of drug-likeness (QED) is 0.473. The normalized spacial score (nSPS) is 11.2. The molecule has 0 aromatic heterocycles. The summed E-state index contributed by atoms with van der Waals surface area (Å²) < 4.78 is 26.4. The third-order valence-electron chi connectivity index (χ3n) is 4.35. The molecule has 0 radical (unpaired) electrons. The van der Waals surface area contributed by atoms with Crippen LogP contribution in [0.25, 0.3) is 16.9 Å². The number of benzene rings is 3. The van der Waals surface area contributed by atoms with Gasteiger partial charge in [-0.1, -0.05) is 65.0 Å². The van der Waals surface area contributed by atoms with Crippen LogP contribution >= 0.6 is 15.9 Å². The van der Waals surface area contributed by atoms with Crippen LogP contribution < -0.4 is 0 Å². The highest BCUT2D eigenvalue weighted by molar-refractivity contribution is 9.10. The summed E-state index contributed by atoms with van der Waals surface area (Å²) in [6.07, 6.45) is 0. The van der Waals surface area contributed by atoms with E-state index in [-0.39, 0.29) is 16.2 Å². The summed E-state index contributed by atoms with van der Waals surface area (Å²) in [5.41, 5.74) is 2.25. The lowest BCUT2D eigenvalue weighted by Gasteiger charge is -2.13. The molecule has 148 valence electrons. The second-order valence-corrected chi connectivity index (χ2v) is 9.33. The van der Waals surface area contributed by atoms with Gasteiger partial charge in [-0.15, -0.1) is 0 Å². The first-order valence-electron chi connectivity index (χ1n) is 8.50. The topological polar surface area (TPSA) is 91.7 Å². The monoisotopic (exact) mass is 472 g/mol. The molecule has 0 aliphatic carbocycles. The Labute approximate surface area is 177 Å². The van der Waals surface area contributed by atoms with E-state index in [1.807, 2.05) is 30.3 Å². The molecule has 0 saturated carbocycles. The number of hydrogen-bond acceptors (Lipinski definition) is 4. The van der Waals surface area contributed by atoms with Crippen LogP contribution in [0, 0.1) is 0 Å². The van der Waals surface area contributed by atoms with Gasteiger partial charge in [0.25, 0.3) is 0 Å². The Balaban J connectivity index is 2.08. The smallest absolute Gasteiger partial charge is 0.335 e. The molecule has 29 heavy (non-hydrogen) atoms. The summed E-state index contributed by atoms with van der Waals surface area (Å²) >= 11 is 3.16. The van der Waals surface area contributed by atoms with Crippen molar-refractivity contribution in [1.82, 2.24) is 0 Å². The lowest BCUT2D eigenvalue weighted by atomic mass is 9.99. The predicted molar refractivity (Wildman–Crippen MR) is 116 cm³/mol. The predicted octanol–water partition coefficient (Wildman–Crippen LogP) is 5.32. The van der Waals surface area contributed by atoms with Crippen LogP contribution in [0.3, 0.4) is 0 Å². The molecule has 0 fully saturated rings. The van der Waals surface area contributed by atoms with Crippen molar-refractivity contribution in [1.29, 1.82) is 0 Å². The van der Waals surface area contributed by atoms with Crippen molar-refractivity contribution in [2.45, 2.75) is 10.6 Å². The fraction of sp³-hybridized carbons (Fsp3) is 0.0455. The number of carboxylic acids is 1. The number of aromatic carboxylic acids is 1. The fourth-order valence-corrected chi connectivity index (χ4v) is 5.03. The molecule has 5 nitrogen and oxygen atoms in total. The summed E-state index contributed by atoms with van der Waals surface area (Å²) in [6, 6.07) is 18.3. The molecule has 0 aliphatic heterocycles. The van der Waals surface area contributed by atoms with E-state index in [1.54, 1.807) is 18.2 Å². The Morgan fingerprint density at radius 3 is 2.24 bits per heavy atom. The van der Waals surface area contributed by atoms with E-state index in [0.717, 1.165) is 17.2 Å². The molecule has 3 aromatic rings. The molecular weight excluding hydrogens is 456 g/mol. The Morgan fingerprint density at radius 1 is 0.931 bits per heavy atom. The molecule has 0 unspecified atom stereocenters. The molecule has 0 aliphatic rings. The number of hydrogen-bond donors (Lipinski definition) is 2. The first-order valence-corrected chi connectivity index (χ1v) is 10.9. The highest BCUT2D eigenvalue weighted by Gasteiger charge is 2.21. The maximum absolute atomic E-state index is 13.0. The summed E-state index contributed by atoms with van der Waals surface area (Å²) in [5.74, 6) is -1.88. The van der Waals surface area contributed by atoms with Crippen molar-refractivity contribution in [2.75, 3.05) is 0 Å². The molecule has 0 atom stereocenters. The average Bonchev–Trinajstić information content (AvgIpc) is 2.67. The maximum atomic E-state index is 13.0. The molecule has 0 spiro atoms. The lowest BCUT2D eigenvalue weighted by Crippen LogP contribution is -2.09. The van der Waals surface area contributed by atoms with E-state index in [4.69, 9.17) is 0 Å². The summed E-state index contributed by atoms with van der Waals surface area (Å²) in [6.45, 7) is 3.52. The van der Waals surface area contributed by atoms with Crippen LogP contribution in [-0.4, -0.2) is 24.6 Å². The highest BCUT2D eigenvalue weighted by Crippen LogP contribution is 2.29. The van der Waals surface area contributed by atoms with Gasteiger partial charge >= 0.3 is 5.97 Å². The minimum atomic E-state index is -3.89. The van der Waals surface area contributed by atoms with Crippen LogP contribution in [0.1, 0.15) is 21.5 Å². The van der Waals surface area contributed by atoms with E-state index in [1.165, 1.54) is 12.1 Å². The largest absolute Gasteiger partial charge is 0.508 e. The van der Waals surface area contributed by atoms with Gasteiger partial charge in [-0.05, 0) is 41.0 Å². The molecule has 0 saturated heterocycles. The summed E-state index contributed by atoms with van der Waals surface area (Å²) in [5, 5.41) is 19.1. The second-order valence-electron chi connectivity index (χ2n) is 6.42. The van der Waals surface area contributed by atoms with Crippen LogP contribution in [0.15, 0.2) is 82.7 Å². The van der Waals surface area contributed by atoms with Gasteiger partial charge in [0, 0.05) is 10.0 Å². The molecule has 0 bridgehead atoms. The van der Waals surface area contributed by atoms with Gasteiger partial charge in [-0.25, -0.2) is 13.2 Å². The number of aliphatic hydroxyl groups excluding tert-OH is 1. The van der Waals surface area contributed by atoms with Crippen molar-refractivity contribution < 1.29 is 23.4 Å². The Kier molecular flexibility index (Phi) is 5.91. The van der Waals surface area contributed by atoms with Gasteiger partial charge < -0.3 is 10.2 Å². The van der Waals surface area contributed by atoms with Crippen molar-refractivity contribution in [2.24, 2.45) is 0 Å². The van der Waals surface area contributed by atoms with E-state index in [0.29, 0.717) is 15.6 Å². The number of carbonyl (C=O) groups is 1. The van der Waals surface area contributed by atoms with Crippen molar-refractivity contribution in [3.63, 3.8) is 0 Å². The van der Waals surface area contributed by atoms with E-state index in [9.17, 15) is 23.4 Å². The zero-order valence-corrected chi connectivity index (χ0v) is 17.6. The fourth-order valence-electron chi connectivity index (χ4n) is 2.96. The molecular formula is C22H17BrO5S. The van der Waals surface area contributed by atoms with Crippen LogP contribution in [0.5, 0.6) is 0 Å². The third-order valence-corrected chi connectivity index (χ3v) is 6.45. The number of sulfone groups is 1. The van der Waals surface area contributed by atoms with Gasteiger partial charge in [-0.2, -0.15) is 0 Å². The van der Waals surface area contributed by atoms with Crippen LogP contribution in [0.4, 0.5) is 0 Å². The van der Waals surface area contributed by atoms with Crippen LogP contribution in [0.2, 0.25) is 0 Å². The number of carboxylic acid groups (broad SMARTS) is 1. The van der Waals surface area contributed by atoms with Gasteiger partial charge in [0.15, 0.2) is 9.84 Å². The van der Waals surface area contributed by atoms with Crippen molar-refractivity contribution >= 4 is 37.5 Å². The Bertz CT molecular complexity index is 1200. The minimum absolute atomic E-state index is 0.121. The second kappa shape index (κ2) is 8.23. The minimum Gasteiger partial charge on any atom is -0.508 e. The number of halogens is 1. The Morgan fingerprint density at radius 2 is 1.62 bits per heavy atom. The SMILES string of the molecule is C=C(O)c1ccc(-c2ccccc2)cc1CS(=O)(=O)c1cc(Br)cc(C(=O)O)c1. The molecule has 0 heterocycles. The maximum Gasteiger partial charge on any atom is 0.335 e. The number of aliphatic hydroxyl groups is 1. The van der Waals surface area contributed by atoms with Gasteiger partial charge in [0.1, 0.15) is 5.76 Å². The average molecular weight is 473 g/mol. The van der Waals surface area contributed by atoms with Gasteiger partial charge in [-0.3, -0.25) is 0 Å². The zero-order valence-electron chi connectivity index (χ0n) is 15.2. The standard InChI is InChI=1S/C22H17BrO5S/c1-14(24)21-8-7-16(15-5-3-2-4-6-15)9-18(21)13-29(27,28)20-11-17(22(25)26)10-19(23)12-20/h2-12,24H,1,13H2,(H,25,26). The third kappa shape index (κ3) is 4.75. The van der Waals surface area contributed by atoms with E-state index < -0.39 is 21.6 Å². The molecule has 3 rings (SSSR count). The first-order chi connectivity index (χ1) is 13.7. The highest BCUT2D eigenvalue weighted by atomic mass is 79.9. The van der Waals surface area contributed by atoms with Gasteiger partial charge in [0.05, 0.1) is 16.2 Å². The lowest BCUT2D eigenvalue weighted by molar-refractivity contribution is 0.0696. The summed E-state index contributed by atoms with van der Waals surface area (Å²) in [7, 11) is -3.89. The summed E-state index contributed by atoms with van der Waals surface area (Å²) in [4.78, 5) is 11.2. The van der Waals surface area contributed by atoms with Gasteiger partial charge in [0.2, 0.25) is 0 Å². The zero-order chi connectivity index (χ0) is 21.2. The first kappa shape index (κ1) is 20.8. The van der Waals surface area contributed by atoms with Crippen molar-refractivity contribution in [3.05, 3.63) is 94.5 Å². The number of rotatable bonds is 6. The molecule has 3 aromatic carbocycles. The van der Waals surface area contributed by atoms with E-state index >= 15 is 0 Å². The van der Waals surface area contributed by atoms with E-state index in [2.05, 4.69) is 22.5 Å². The molecule has 2 N–H and O–H groups in total. The van der Waals surface area contributed by atoms with Crippen molar-refractivity contribution in [3.8, 4) is 11.1 Å². The van der Waals surface area contributed by atoms with Crippen LogP contribution in [-0.2, 0) is 15.6 Å².